The molecule has 0 aromatic carbocycles. The molecule has 4 atom stereocenters. The lowest BCUT2D eigenvalue weighted by atomic mass is 9.85. The predicted octanol–water partition coefficient (Wildman–Crippen LogP) is 2.74. The molecule has 1 aliphatic heterocycles. The van der Waals surface area contributed by atoms with E-state index in [-0.39, 0.29) is 0 Å². The molecule has 0 saturated carbocycles. The van der Waals surface area contributed by atoms with Crippen LogP contribution in [0.15, 0.2) is 0 Å². The van der Waals surface area contributed by atoms with Crippen molar-refractivity contribution in [3.63, 3.8) is 0 Å². The van der Waals surface area contributed by atoms with Crippen LogP contribution in [-0.2, 0) is 0 Å². The lowest BCUT2D eigenvalue weighted by molar-refractivity contribution is 0.0701. The summed E-state index contributed by atoms with van der Waals surface area (Å²) in [5, 5.41) is 3.46. The minimum atomic E-state index is 0.671. The number of hydrogen-bond donors (Lipinski definition) is 1. The standard InChI is InChI=1S/C14H30N2/c1-6-7-14(15-5)10-16-9-11(2)8-12(3)13(16)4/h11-15H,6-10H2,1-5H3. The van der Waals surface area contributed by atoms with Crippen LogP contribution in [0.5, 0.6) is 0 Å². The Kier molecular flexibility index (Phi) is 5.77. The van der Waals surface area contributed by atoms with E-state index in [1.54, 1.807) is 0 Å². The Labute approximate surface area is 102 Å². The van der Waals surface area contributed by atoms with E-state index < -0.39 is 0 Å². The Morgan fingerprint density at radius 2 is 2.00 bits per heavy atom. The van der Waals surface area contributed by atoms with Gasteiger partial charge in [0.2, 0.25) is 0 Å². The smallest absolute Gasteiger partial charge is 0.0192 e. The molecule has 96 valence electrons. The maximum atomic E-state index is 3.46. The molecular weight excluding hydrogens is 196 g/mol. The Balaban J connectivity index is 2.49. The van der Waals surface area contributed by atoms with Crippen molar-refractivity contribution in [3.8, 4) is 0 Å². The first kappa shape index (κ1) is 14.0. The summed E-state index contributed by atoms with van der Waals surface area (Å²) in [6.07, 6.45) is 3.97. The molecule has 1 heterocycles. The summed E-state index contributed by atoms with van der Waals surface area (Å²) in [6, 6.07) is 1.42. The van der Waals surface area contributed by atoms with Crippen LogP contribution in [0, 0.1) is 11.8 Å². The molecule has 2 nitrogen and oxygen atoms in total. The Hall–Kier alpha value is -0.0800. The summed E-state index contributed by atoms with van der Waals surface area (Å²) in [5.41, 5.74) is 0. The number of likely N-dealkylation sites (tertiary alicyclic amines) is 1. The normalized spacial score (nSPS) is 33.9. The lowest BCUT2D eigenvalue weighted by Crippen LogP contribution is -2.50. The molecule has 4 unspecified atom stereocenters. The molecule has 0 aromatic heterocycles. The highest BCUT2D eigenvalue weighted by molar-refractivity contribution is 4.84. The van der Waals surface area contributed by atoms with Crippen LogP contribution in [0.1, 0.15) is 47.0 Å². The van der Waals surface area contributed by atoms with Gasteiger partial charge in [0.25, 0.3) is 0 Å². The van der Waals surface area contributed by atoms with Gasteiger partial charge in [-0.1, -0.05) is 27.2 Å². The van der Waals surface area contributed by atoms with Gasteiger partial charge in [0.1, 0.15) is 0 Å². The zero-order valence-corrected chi connectivity index (χ0v) is 11.8. The first-order valence-electron chi connectivity index (χ1n) is 6.99. The van der Waals surface area contributed by atoms with Gasteiger partial charge in [-0.05, 0) is 38.6 Å². The van der Waals surface area contributed by atoms with Crippen LogP contribution in [0.4, 0.5) is 0 Å². The summed E-state index contributed by atoms with van der Waals surface area (Å²) in [7, 11) is 2.10. The van der Waals surface area contributed by atoms with Crippen LogP contribution in [0.3, 0.4) is 0 Å². The molecule has 0 radical (unpaired) electrons. The van der Waals surface area contributed by atoms with Crippen molar-refractivity contribution < 1.29 is 0 Å². The fourth-order valence-electron chi connectivity index (χ4n) is 3.03. The Morgan fingerprint density at radius 3 is 2.56 bits per heavy atom. The van der Waals surface area contributed by atoms with Crippen LogP contribution in [-0.4, -0.2) is 37.1 Å². The van der Waals surface area contributed by atoms with Gasteiger partial charge >= 0.3 is 0 Å². The molecule has 1 aliphatic rings. The van der Waals surface area contributed by atoms with Crippen molar-refractivity contribution in [2.75, 3.05) is 20.1 Å². The molecule has 2 heteroatoms. The van der Waals surface area contributed by atoms with Crippen molar-refractivity contribution in [2.24, 2.45) is 11.8 Å². The van der Waals surface area contributed by atoms with Crippen molar-refractivity contribution in [1.29, 1.82) is 0 Å². The number of nitrogens with one attached hydrogen (secondary N) is 1. The molecule has 1 saturated heterocycles. The first-order valence-corrected chi connectivity index (χ1v) is 6.99. The number of likely N-dealkylation sites (N-methyl/N-ethyl adjacent to an activating group) is 1. The SMILES string of the molecule is CCCC(CN1CC(C)CC(C)C1C)NC. The van der Waals surface area contributed by atoms with Gasteiger partial charge in [-0.25, -0.2) is 0 Å². The second-order valence-electron chi connectivity index (χ2n) is 5.79. The highest BCUT2D eigenvalue weighted by Gasteiger charge is 2.29. The van der Waals surface area contributed by atoms with Crippen LogP contribution < -0.4 is 5.32 Å². The second-order valence-corrected chi connectivity index (χ2v) is 5.79. The summed E-state index contributed by atoms with van der Waals surface area (Å²) >= 11 is 0. The van der Waals surface area contributed by atoms with Gasteiger partial charge in [0.05, 0.1) is 0 Å². The molecule has 0 spiro atoms. The van der Waals surface area contributed by atoms with E-state index in [2.05, 4.69) is 45.0 Å². The third-order valence-electron chi connectivity index (χ3n) is 4.22. The Bertz CT molecular complexity index is 193. The van der Waals surface area contributed by atoms with E-state index in [0.29, 0.717) is 6.04 Å². The van der Waals surface area contributed by atoms with Crippen molar-refractivity contribution in [3.05, 3.63) is 0 Å². The highest BCUT2D eigenvalue weighted by Crippen LogP contribution is 2.27. The minimum Gasteiger partial charge on any atom is -0.316 e. The molecule has 0 amide bonds. The molecule has 1 rings (SSSR count). The van der Waals surface area contributed by atoms with Gasteiger partial charge in [0.15, 0.2) is 0 Å². The van der Waals surface area contributed by atoms with E-state index in [9.17, 15) is 0 Å². The third-order valence-corrected chi connectivity index (χ3v) is 4.22. The van der Waals surface area contributed by atoms with E-state index >= 15 is 0 Å². The van der Waals surface area contributed by atoms with Gasteiger partial charge in [-0.3, -0.25) is 4.90 Å². The number of rotatable bonds is 5. The van der Waals surface area contributed by atoms with E-state index in [4.69, 9.17) is 0 Å². The monoisotopic (exact) mass is 226 g/mol. The fraction of sp³-hybridized carbons (Fsp3) is 1.00. The third kappa shape index (κ3) is 3.74. The highest BCUT2D eigenvalue weighted by atomic mass is 15.2. The van der Waals surface area contributed by atoms with Crippen LogP contribution >= 0.6 is 0 Å². The van der Waals surface area contributed by atoms with Crippen molar-refractivity contribution >= 4 is 0 Å². The number of piperidine rings is 1. The molecule has 0 aliphatic carbocycles. The molecule has 1 fully saturated rings. The van der Waals surface area contributed by atoms with Gasteiger partial charge in [-0.15, -0.1) is 0 Å². The largest absolute Gasteiger partial charge is 0.316 e. The van der Waals surface area contributed by atoms with Gasteiger partial charge < -0.3 is 5.32 Å². The lowest BCUT2D eigenvalue weighted by Gasteiger charge is -2.42. The zero-order chi connectivity index (χ0) is 12.1. The number of hydrogen-bond acceptors (Lipinski definition) is 2. The molecular formula is C14H30N2. The topological polar surface area (TPSA) is 15.3 Å². The van der Waals surface area contributed by atoms with E-state index in [0.717, 1.165) is 17.9 Å². The molecule has 1 N–H and O–H groups in total. The van der Waals surface area contributed by atoms with E-state index in [1.807, 2.05) is 0 Å². The average Bonchev–Trinajstić information content (AvgIpc) is 2.24. The maximum absolute atomic E-state index is 3.46. The second kappa shape index (κ2) is 6.61. The zero-order valence-electron chi connectivity index (χ0n) is 11.8. The summed E-state index contributed by atoms with van der Waals surface area (Å²) < 4.78 is 0. The van der Waals surface area contributed by atoms with E-state index in [1.165, 1.54) is 32.4 Å². The average molecular weight is 226 g/mol. The number of nitrogens with zero attached hydrogens (tertiary/aromatic N) is 1. The van der Waals surface area contributed by atoms with Crippen molar-refractivity contribution in [1.82, 2.24) is 10.2 Å². The van der Waals surface area contributed by atoms with Gasteiger partial charge in [-0.2, -0.15) is 0 Å². The fourth-order valence-corrected chi connectivity index (χ4v) is 3.03. The molecule has 16 heavy (non-hydrogen) atoms. The molecule has 0 bridgehead atoms. The first-order chi connectivity index (χ1) is 7.58. The Morgan fingerprint density at radius 1 is 1.31 bits per heavy atom. The molecule has 0 aromatic rings. The predicted molar refractivity (Wildman–Crippen MR) is 71.7 cm³/mol. The maximum Gasteiger partial charge on any atom is 0.0192 e. The summed E-state index contributed by atoms with van der Waals surface area (Å²) in [5.74, 6) is 1.72. The summed E-state index contributed by atoms with van der Waals surface area (Å²) in [6.45, 7) is 12.0. The van der Waals surface area contributed by atoms with Crippen molar-refractivity contribution in [2.45, 2.75) is 59.0 Å². The van der Waals surface area contributed by atoms with Crippen LogP contribution in [0.2, 0.25) is 0 Å². The summed E-state index contributed by atoms with van der Waals surface area (Å²) in [4.78, 5) is 2.69. The van der Waals surface area contributed by atoms with Gasteiger partial charge in [0, 0.05) is 25.2 Å². The quantitative estimate of drug-likeness (QED) is 0.775. The minimum absolute atomic E-state index is 0.671. The van der Waals surface area contributed by atoms with Crippen LogP contribution in [0.25, 0.3) is 0 Å².